The van der Waals surface area contributed by atoms with E-state index < -0.39 is 6.10 Å². The number of carbonyl (C=O) groups excluding carboxylic acids is 1. The molecule has 4 nitrogen and oxygen atoms in total. The number of methoxy groups -OCH3 is 1. The minimum Gasteiger partial charge on any atom is -0.497 e. The van der Waals surface area contributed by atoms with Gasteiger partial charge in [-0.1, -0.05) is 35.9 Å². The first-order valence-corrected chi connectivity index (χ1v) is 7.29. The van der Waals surface area contributed by atoms with E-state index in [9.17, 15) is 9.90 Å². The van der Waals surface area contributed by atoms with E-state index in [1.165, 1.54) is 0 Å². The molecule has 2 N–H and O–H groups in total. The summed E-state index contributed by atoms with van der Waals surface area (Å²) in [5.74, 6) is 0.506. The molecule has 5 heteroatoms. The van der Waals surface area contributed by atoms with Gasteiger partial charge in [0.2, 0.25) is 5.91 Å². The van der Waals surface area contributed by atoms with E-state index in [1.807, 2.05) is 6.07 Å². The van der Waals surface area contributed by atoms with Crippen molar-refractivity contribution in [2.75, 3.05) is 13.7 Å². The summed E-state index contributed by atoms with van der Waals surface area (Å²) in [6, 6.07) is 14.3. The quantitative estimate of drug-likeness (QED) is 0.860. The van der Waals surface area contributed by atoms with Crippen LogP contribution in [0.4, 0.5) is 0 Å². The second-order valence-corrected chi connectivity index (χ2v) is 5.34. The molecule has 0 saturated heterocycles. The van der Waals surface area contributed by atoms with E-state index in [4.69, 9.17) is 16.3 Å². The van der Waals surface area contributed by atoms with Crippen molar-refractivity contribution < 1.29 is 14.6 Å². The topological polar surface area (TPSA) is 58.6 Å². The molecule has 1 amide bonds. The number of aliphatic hydroxyl groups excluding tert-OH is 1. The molecule has 0 aliphatic carbocycles. The highest BCUT2D eigenvalue weighted by Gasteiger charge is 2.11. The standard InChI is InChI=1S/C17H18ClNO3/c1-22-15-7-3-5-13(10-15)16(20)11-19-17(21)9-12-4-2-6-14(18)8-12/h2-8,10,16,20H,9,11H2,1H3,(H,19,21). The maximum absolute atomic E-state index is 11.9. The van der Waals surface area contributed by atoms with Gasteiger partial charge in [0.05, 0.1) is 19.6 Å². The Morgan fingerprint density at radius 3 is 2.77 bits per heavy atom. The molecule has 0 aliphatic heterocycles. The monoisotopic (exact) mass is 319 g/mol. The Balaban J connectivity index is 1.87. The molecular formula is C17H18ClNO3. The molecule has 0 spiro atoms. The van der Waals surface area contributed by atoms with Crippen molar-refractivity contribution in [3.8, 4) is 5.75 Å². The lowest BCUT2D eigenvalue weighted by Gasteiger charge is -2.13. The highest BCUT2D eigenvalue weighted by atomic mass is 35.5. The van der Waals surface area contributed by atoms with E-state index in [-0.39, 0.29) is 18.9 Å². The summed E-state index contributed by atoms with van der Waals surface area (Å²) in [4.78, 5) is 11.9. The number of aliphatic hydroxyl groups is 1. The summed E-state index contributed by atoms with van der Waals surface area (Å²) in [6.45, 7) is 0.145. The molecule has 2 rings (SSSR count). The second kappa shape index (κ2) is 7.82. The number of benzene rings is 2. The van der Waals surface area contributed by atoms with Gasteiger partial charge in [-0.25, -0.2) is 0 Å². The van der Waals surface area contributed by atoms with Crippen LogP contribution in [0.3, 0.4) is 0 Å². The van der Waals surface area contributed by atoms with E-state index in [0.717, 1.165) is 5.56 Å². The van der Waals surface area contributed by atoms with Crippen molar-refractivity contribution in [2.24, 2.45) is 0 Å². The largest absolute Gasteiger partial charge is 0.497 e. The fourth-order valence-electron chi connectivity index (χ4n) is 2.07. The van der Waals surface area contributed by atoms with E-state index >= 15 is 0 Å². The zero-order chi connectivity index (χ0) is 15.9. The smallest absolute Gasteiger partial charge is 0.224 e. The van der Waals surface area contributed by atoms with Crippen LogP contribution in [0.2, 0.25) is 5.02 Å². The first-order chi connectivity index (χ1) is 10.6. The van der Waals surface area contributed by atoms with Gasteiger partial charge in [-0.2, -0.15) is 0 Å². The van der Waals surface area contributed by atoms with Crippen LogP contribution in [0.15, 0.2) is 48.5 Å². The van der Waals surface area contributed by atoms with Crippen LogP contribution in [0.1, 0.15) is 17.2 Å². The summed E-state index contributed by atoms with van der Waals surface area (Å²) in [5, 5.41) is 13.4. The number of halogens is 1. The van der Waals surface area contributed by atoms with Gasteiger partial charge in [-0.15, -0.1) is 0 Å². The second-order valence-electron chi connectivity index (χ2n) is 4.90. The molecule has 0 fully saturated rings. The number of hydrogen-bond acceptors (Lipinski definition) is 3. The molecular weight excluding hydrogens is 302 g/mol. The number of nitrogens with one attached hydrogen (secondary N) is 1. The van der Waals surface area contributed by atoms with Gasteiger partial charge in [0.25, 0.3) is 0 Å². The first kappa shape index (κ1) is 16.3. The van der Waals surface area contributed by atoms with Crippen molar-refractivity contribution in [3.63, 3.8) is 0 Å². The molecule has 116 valence electrons. The van der Waals surface area contributed by atoms with Crippen molar-refractivity contribution >= 4 is 17.5 Å². The van der Waals surface area contributed by atoms with Crippen molar-refractivity contribution in [1.29, 1.82) is 0 Å². The fourth-order valence-corrected chi connectivity index (χ4v) is 2.28. The van der Waals surface area contributed by atoms with Crippen molar-refractivity contribution in [2.45, 2.75) is 12.5 Å². The number of hydrogen-bond donors (Lipinski definition) is 2. The fraction of sp³-hybridized carbons (Fsp3) is 0.235. The summed E-state index contributed by atoms with van der Waals surface area (Å²) in [6.07, 6.45) is -0.552. The van der Waals surface area contributed by atoms with Gasteiger partial charge in [0.1, 0.15) is 5.75 Å². The minimum absolute atomic E-state index is 0.145. The zero-order valence-corrected chi connectivity index (χ0v) is 13.0. The van der Waals surface area contributed by atoms with Gasteiger partial charge in [0.15, 0.2) is 0 Å². The molecule has 0 aliphatic rings. The van der Waals surface area contributed by atoms with Gasteiger partial charge in [-0.3, -0.25) is 4.79 Å². The third kappa shape index (κ3) is 4.76. The van der Waals surface area contributed by atoms with E-state index in [1.54, 1.807) is 49.6 Å². The number of ether oxygens (including phenoxy) is 1. The predicted octanol–water partition coefficient (Wildman–Crippen LogP) is 2.74. The summed E-state index contributed by atoms with van der Waals surface area (Å²) in [5.41, 5.74) is 1.53. The third-order valence-corrected chi connectivity index (χ3v) is 3.46. The van der Waals surface area contributed by atoms with Crippen LogP contribution in [0.5, 0.6) is 5.75 Å². The molecule has 22 heavy (non-hydrogen) atoms. The Bertz CT molecular complexity index is 645. The summed E-state index contributed by atoms with van der Waals surface area (Å²) in [7, 11) is 1.57. The molecule has 0 heterocycles. The van der Waals surface area contributed by atoms with Crippen LogP contribution in [0, 0.1) is 0 Å². The molecule has 0 saturated carbocycles. The minimum atomic E-state index is -0.779. The molecule has 0 aromatic heterocycles. The van der Waals surface area contributed by atoms with Crippen LogP contribution >= 0.6 is 11.6 Å². The Kier molecular flexibility index (Phi) is 5.81. The van der Waals surface area contributed by atoms with Crippen LogP contribution in [-0.2, 0) is 11.2 Å². The SMILES string of the molecule is COc1cccc(C(O)CNC(=O)Cc2cccc(Cl)c2)c1. The van der Waals surface area contributed by atoms with Crippen LogP contribution in [0.25, 0.3) is 0 Å². The highest BCUT2D eigenvalue weighted by molar-refractivity contribution is 6.30. The Morgan fingerprint density at radius 2 is 2.05 bits per heavy atom. The van der Waals surface area contributed by atoms with Crippen LogP contribution in [-0.4, -0.2) is 24.7 Å². The highest BCUT2D eigenvalue weighted by Crippen LogP contribution is 2.18. The Hall–Kier alpha value is -2.04. The first-order valence-electron chi connectivity index (χ1n) is 6.91. The molecule has 1 atom stereocenters. The maximum Gasteiger partial charge on any atom is 0.224 e. The van der Waals surface area contributed by atoms with Gasteiger partial charge in [-0.05, 0) is 35.4 Å². The lowest BCUT2D eigenvalue weighted by molar-refractivity contribution is -0.120. The molecule has 2 aromatic rings. The Morgan fingerprint density at radius 1 is 1.27 bits per heavy atom. The number of amides is 1. The average molecular weight is 320 g/mol. The average Bonchev–Trinajstić information content (AvgIpc) is 2.52. The van der Waals surface area contributed by atoms with Crippen molar-refractivity contribution in [3.05, 3.63) is 64.7 Å². The maximum atomic E-state index is 11.9. The third-order valence-electron chi connectivity index (χ3n) is 3.22. The molecule has 0 bridgehead atoms. The lowest BCUT2D eigenvalue weighted by atomic mass is 10.1. The molecule has 0 radical (unpaired) electrons. The summed E-state index contributed by atoms with van der Waals surface area (Å²) >= 11 is 5.88. The lowest BCUT2D eigenvalue weighted by Crippen LogP contribution is -2.29. The predicted molar refractivity (Wildman–Crippen MR) is 86.1 cm³/mol. The summed E-state index contributed by atoms with van der Waals surface area (Å²) < 4.78 is 5.11. The van der Waals surface area contributed by atoms with Crippen molar-refractivity contribution in [1.82, 2.24) is 5.32 Å². The number of carbonyl (C=O) groups is 1. The van der Waals surface area contributed by atoms with Crippen LogP contribution < -0.4 is 10.1 Å². The van der Waals surface area contributed by atoms with E-state index in [0.29, 0.717) is 16.3 Å². The molecule has 1 unspecified atom stereocenters. The van der Waals surface area contributed by atoms with Gasteiger partial charge < -0.3 is 15.2 Å². The van der Waals surface area contributed by atoms with Gasteiger partial charge in [0, 0.05) is 11.6 Å². The Labute approximate surface area is 134 Å². The van der Waals surface area contributed by atoms with E-state index in [2.05, 4.69) is 5.32 Å². The normalized spacial score (nSPS) is 11.8. The zero-order valence-electron chi connectivity index (χ0n) is 12.3. The molecule has 2 aromatic carbocycles. The van der Waals surface area contributed by atoms with Gasteiger partial charge >= 0.3 is 0 Å². The number of rotatable bonds is 6.